The number of carbonyl (C=O) groups is 1. The Morgan fingerprint density at radius 3 is 2.62 bits per heavy atom. The summed E-state index contributed by atoms with van der Waals surface area (Å²) in [4.78, 5) is 11.9. The Morgan fingerprint density at radius 2 is 2.00 bits per heavy atom. The third-order valence-corrected chi connectivity index (χ3v) is 3.64. The highest BCUT2D eigenvalue weighted by Gasteiger charge is 2.10. The van der Waals surface area contributed by atoms with Crippen molar-refractivity contribution in [2.75, 3.05) is 17.7 Å². The number of nitrogens with one attached hydrogen (secondary N) is 1. The summed E-state index contributed by atoms with van der Waals surface area (Å²) in [6.45, 7) is 1.79. The Labute approximate surface area is 136 Å². The molecule has 0 atom stereocenters. The molecule has 0 spiro atoms. The highest BCUT2D eigenvalue weighted by Crippen LogP contribution is 2.29. The van der Waals surface area contributed by atoms with Crippen molar-refractivity contribution in [2.24, 2.45) is 0 Å². The fourth-order valence-electron chi connectivity index (χ4n) is 1.78. The first-order chi connectivity index (χ1) is 9.95. The first-order valence-corrected chi connectivity index (χ1v) is 7.36. The number of hydrogen-bond donors (Lipinski definition) is 2. The lowest BCUT2D eigenvalue weighted by atomic mass is 10.2. The molecule has 0 aliphatic heterocycles. The van der Waals surface area contributed by atoms with Crippen molar-refractivity contribution in [1.29, 1.82) is 0 Å². The molecule has 0 aromatic heterocycles. The second kappa shape index (κ2) is 6.83. The average molecular weight is 370 g/mol. The van der Waals surface area contributed by atoms with Crippen LogP contribution >= 0.6 is 27.5 Å². The van der Waals surface area contributed by atoms with Crippen LogP contribution in [0, 0.1) is 6.92 Å². The maximum Gasteiger partial charge on any atom is 0.262 e. The van der Waals surface area contributed by atoms with Gasteiger partial charge in [0.05, 0.1) is 5.69 Å². The van der Waals surface area contributed by atoms with Crippen LogP contribution in [0.3, 0.4) is 0 Å². The van der Waals surface area contributed by atoms with Crippen LogP contribution in [0.25, 0.3) is 0 Å². The van der Waals surface area contributed by atoms with Gasteiger partial charge in [0.15, 0.2) is 6.61 Å². The van der Waals surface area contributed by atoms with Gasteiger partial charge in [-0.1, -0.05) is 11.6 Å². The Kier molecular flexibility index (Phi) is 5.09. The monoisotopic (exact) mass is 368 g/mol. The van der Waals surface area contributed by atoms with Gasteiger partial charge in [-0.15, -0.1) is 0 Å². The van der Waals surface area contributed by atoms with Crippen molar-refractivity contribution in [3.8, 4) is 5.75 Å². The lowest BCUT2D eigenvalue weighted by molar-refractivity contribution is -0.118. The van der Waals surface area contributed by atoms with Crippen LogP contribution in [0.1, 0.15) is 5.56 Å². The number of rotatable bonds is 4. The van der Waals surface area contributed by atoms with Crippen LogP contribution in [-0.2, 0) is 4.79 Å². The quantitative estimate of drug-likeness (QED) is 0.800. The smallest absolute Gasteiger partial charge is 0.262 e. The highest BCUT2D eigenvalue weighted by molar-refractivity contribution is 9.10. The van der Waals surface area contributed by atoms with Crippen molar-refractivity contribution in [3.63, 3.8) is 0 Å². The number of amides is 1. The van der Waals surface area contributed by atoms with E-state index in [1.54, 1.807) is 36.4 Å². The van der Waals surface area contributed by atoms with Gasteiger partial charge >= 0.3 is 0 Å². The van der Waals surface area contributed by atoms with Gasteiger partial charge in [0.25, 0.3) is 5.91 Å². The van der Waals surface area contributed by atoms with Gasteiger partial charge in [0.1, 0.15) is 5.75 Å². The third-order valence-electron chi connectivity index (χ3n) is 2.76. The number of carbonyl (C=O) groups excluding carboxylic acids is 1. The fourth-order valence-corrected chi connectivity index (χ4v) is 2.59. The van der Waals surface area contributed by atoms with E-state index in [0.29, 0.717) is 22.1 Å². The minimum atomic E-state index is -0.251. The second-order valence-electron chi connectivity index (χ2n) is 4.49. The number of nitrogens with two attached hydrogens (primary N) is 1. The lowest BCUT2D eigenvalue weighted by Gasteiger charge is -2.12. The molecule has 1 amide bonds. The Bertz CT molecular complexity index is 636. The van der Waals surface area contributed by atoms with Gasteiger partial charge in [-0.05, 0) is 64.8 Å². The van der Waals surface area contributed by atoms with E-state index in [9.17, 15) is 4.79 Å². The number of anilines is 2. The minimum absolute atomic E-state index is 0.0854. The molecule has 0 saturated heterocycles. The summed E-state index contributed by atoms with van der Waals surface area (Å²) in [5.74, 6) is 0.334. The molecule has 0 saturated carbocycles. The Balaban J connectivity index is 1.97. The normalized spacial score (nSPS) is 10.2. The van der Waals surface area contributed by atoms with E-state index in [1.165, 1.54) is 0 Å². The number of ether oxygens (including phenoxy) is 1. The Hall–Kier alpha value is -1.72. The van der Waals surface area contributed by atoms with Crippen molar-refractivity contribution in [2.45, 2.75) is 6.92 Å². The van der Waals surface area contributed by atoms with Crippen LogP contribution in [0.4, 0.5) is 11.4 Å². The molecule has 110 valence electrons. The zero-order valence-corrected chi connectivity index (χ0v) is 13.7. The molecule has 21 heavy (non-hydrogen) atoms. The molecule has 0 heterocycles. The lowest BCUT2D eigenvalue weighted by Crippen LogP contribution is -2.21. The van der Waals surface area contributed by atoms with Crippen molar-refractivity contribution < 1.29 is 9.53 Å². The predicted octanol–water partition coefficient (Wildman–Crippen LogP) is 4.01. The predicted molar refractivity (Wildman–Crippen MR) is 88.9 cm³/mol. The molecule has 0 radical (unpaired) electrons. The molecule has 0 fully saturated rings. The third kappa shape index (κ3) is 4.37. The first-order valence-electron chi connectivity index (χ1n) is 6.19. The number of aryl methyl sites for hydroxylation is 1. The fraction of sp³-hybridized carbons (Fsp3) is 0.133. The van der Waals surface area contributed by atoms with Gasteiger partial charge < -0.3 is 15.8 Å². The van der Waals surface area contributed by atoms with E-state index in [1.807, 2.05) is 6.92 Å². The molecule has 3 N–H and O–H groups in total. The van der Waals surface area contributed by atoms with Gasteiger partial charge in [0.2, 0.25) is 0 Å². The van der Waals surface area contributed by atoms with Gasteiger partial charge in [-0.2, -0.15) is 0 Å². The molecular weight excluding hydrogens is 356 g/mol. The standard InChI is InChI=1S/C15H14BrClN2O2/c1-9-6-11(18)7-13(16)15(9)19-14(20)8-21-12-4-2-10(17)3-5-12/h2-7H,8,18H2,1H3,(H,19,20). The van der Waals surface area contributed by atoms with Crippen molar-refractivity contribution in [1.82, 2.24) is 0 Å². The summed E-state index contributed by atoms with van der Waals surface area (Å²) in [6.07, 6.45) is 0. The molecular formula is C15H14BrClN2O2. The molecule has 0 aliphatic carbocycles. The molecule has 2 rings (SSSR count). The molecule has 4 nitrogen and oxygen atoms in total. The summed E-state index contributed by atoms with van der Waals surface area (Å²) in [5, 5.41) is 3.41. The van der Waals surface area contributed by atoms with Crippen LogP contribution in [-0.4, -0.2) is 12.5 Å². The minimum Gasteiger partial charge on any atom is -0.484 e. The molecule has 2 aromatic carbocycles. The van der Waals surface area contributed by atoms with Gasteiger partial charge in [0, 0.05) is 15.2 Å². The molecule has 6 heteroatoms. The van der Waals surface area contributed by atoms with E-state index in [4.69, 9.17) is 22.1 Å². The summed E-state index contributed by atoms with van der Waals surface area (Å²) >= 11 is 9.16. The highest BCUT2D eigenvalue weighted by atomic mass is 79.9. The summed E-state index contributed by atoms with van der Waals surface area (Å²) in [7, 11) is 0. The SMILES string of the molecule is Cc1cc(N)cc(Br)c1NC(=O)COc1ccc(Cl)cc1. The summed E-state index contributed by atoms with van der Waals surface area (Å²) in [5.41, 5.74) is 7.93. The molecule has 2 aromatic rings. The second-order valence-corrected chi connectivity index (χ2v) is 5.78. The van der Waals surface area contributed by atoms with Crippen LogP contribution in [0.5, 0.6) is 5.75 Å². The van der Waals surface area contributed by atoms with E-state index in [-0.39, 0.29) is 12.5 Å². The molecule has 0 bridgehead atoms. The molecule has 0 aliphatic rings. The van der Waals surface area contributed by atoms with E-state index >= 15 is 0 Å². The van der Waals surface area contributed by atoms with E-state index < -0.39 is 0 Å². The number of benzene rings is 2. The maximum absolute atomic E-state index is 11.9. The average Bonchev–Trinajstić information content (AvgIpc) is 2.42. The van der Waals surface area contributed by atoms with Crippen LogP contribution in [0.2, 0.25) is 5.02 Å². The zero-order chi connectivity index (χ0) is 15.4. The van der Waals surface area contributed by atoms with Crippen LogP contribution in [0.15, 0.2) is 40.9 Å². The number of hydrogen-bond acceptors (Lipinski definition) is 3. The van der Waals surface area contributed by atoms with E-state index in [0.717, 1.165) is 10.0 Å². The summed E-state index contributed by atoms with van der Waals surface area (Å²) < 4.78 is 6.12. The first kappa shape index (κ1) is 15.7. The van der Waals surface area contributed by atoms with Crippen molar-refractivity contribution in [3.05, 3.63) is 51.5 Å². The van der Waals surface area contributed by atoms with Crippen LogP contribution < -0.4 is 15.8 Å². The zero-order valence-electron chi connectivity index (χ0n) is 11.3. The Morgan fingerprint density at radius 1 is 1.33 bits per heavy atom. The van der Waals surface area contributed by atoms with Crippen molar-refractivity contribution >= 4 is 44.8 Å². The maximum atomic E-state index is 11.9. The van der Waals surface area contributed by atoms with Gasteiger partial charge in [-0.25, -0.2) is 0 Å². The number of nitrogen functional groups attached to an aromatic ring is 1. The molecule has 0 unspecified atom stereocenters. The summed E-state index contributed by atoms with van der Waals surface area (Å²) in [6, 6.07) is 10.4. The van der Waals surface area contributed by atoms with Gasteiger partial charge in [-0.3, -0.25) is 4.79 Å². The number of halogens is 2. The van der Waals surface area contributed by atoms with E-state index in [2.05, 4.69) is 21.2 Å². The largest absolute Gasteiger partial charge is 0.484 e. The topological polar surface area (TPSA) is 64.3 Å².